The monoisotopic (exact) mass is 389 g/mol. The van der Waals surface area contributed by atoms with Crippen molar-refractivity contribution in [2.24, 2.45) is 0 Å². The molecule has 0 spiro atoms. The summed E-state index contributed by atoms with van der Waals surface area (Å²) in [6, 6.07) is 9.15. The number of hydrogen-bond acceptors (Lipinski definition) is 7. The van der Waals surface area contributed by atoms with Crippen molar-refractivity contribution in [2.45, 2.75) is 38.5 Å². The Kier molecular flexibility index (Phi) is 4.12. The van der Waals surface area contributed by atoms with Gasteiger partial charge in [-0.3, -0.25) is 4.79 Å². The van der Waals surface area contributed by atoms with Crippen molar-refractivity contribution < 1.29 is 13.7 Å². The third-order valence-electron chi connectivity index (χ3n) is 5.01. The van der Waals surface area contributed by atoms with Crippen molar-refractivity contribution in [2.75, 3.05) is 5.32 Å². The maximum absolute atomic E-state index is 13.2. The number of benzene rings is 1. The number of rotatable bonds is 5. The molecule has 1 aromatic carbocycles. The van der Waals surface area contributed by atoms with Crippen LogP contribution < -0.4 is 5.32 Å². The molecule has 1 aliphatic carbocycles. The van der Waals surface area contributed by atoms with Crippen molar-refractivity contribution >= 4 is 22.7 Å². The van der Waals surface area contributed by atoms with Crippen LogP contribution in [0.5, 0.6) is 0 Å². The summed E-state index contributed by atoms with van der Waals surface area (Å²) in [6.45, 7) is 4.03. The number of amides is 1. The van der Waals surface area contributed by atoms with E-state index in [1.807, 2.05) is 38.1 Å². The first-order valence-electron chi connectivity index (χ1n) is 9.58. The van der Waals surface area contributed by atoms with Crippen LogP contribution >= 0.6 is 0 Å². The van der Waals surface area contributed by atoms with E-state index in [0.717, 1.165) is 29.8 Å². The smallest absolute Gasteiger partial charge is 0.259 e. The number of pyridine rings is 1. The molecular formula is C21H19N5O3. The lowest BCUT2D eigenvalue weighted by atomic mass is 10.0. The van der Waals surface area contributed by atoms with Crippen molar-refractivity contribution in [3.8, 4) is 11.5 Å². The van der Waals surface area contributed by atoms with E-state index in [4.69, 9.17) is 8.94 Å². The zero-order valence-electron chi connectivity index (χ0n) is 16.0. The summed E-state index contributed by atoms with van der Waals surface area (Å²) in [5, 5.41) is 15.4. The van der Waals surface area contributed by atoms with Crippen LogP contribution in [0.4, 0.5) is 5.69 Å². The second kappa shape index (κ2) is 6.80. The molecule has 3 aromatic heterocycles. The lowest BCUT2D eigenvalue weighted by Crippen LogP contribution is -2.14. The van der Waals surface area contributed by atoms with Gasteiger partial charge >= 0.3 is 0 Å². The molecule has 0 bridgehead atoms. The number of hydrogen-bond donors (Lipinski definition) is 1. The Bertz CT molecular complexity index is 1190. The number of carbonyl (C=O) groups is 1. The highest BCUT2D eigenvalue weighted by molar-refractivity contribution is 6.12. The van der Waals surface area contributed by atoms with E-state index in [1.54, 1.807) is 6.07 Å². The zero-order chi connectivity index (χ0) is 20.0. The molecule has 8 nitrogen and oxygen atoms in total. The van der Waals surface area contributed by atoms with Gasteiger partial charge in [0.15, 0.2) is 0 Å². The number of nitrogens with one attached hydrogen (secondary N) is 1. The van der Waals surface area contributed by atoms with Crippen molar-refractivity contribution in [3.63, 3.8) is 0 Å². The van der Waals surface area contributed by atoms with Gasteiger partial charge in [0, 0.05) is 22.9 Å². The van der Waals surface area contributed by atoms with Gasteiger partial charge < -0.3 is 14.3 Å². The lowest BCUT2D eigenvalue weighted by Gasteiger charge is -2.10. The van der Waals surface area contributed by atoms with Crippen molar-refractivity contribution in [1.82, 2.24) is 20.3 Å². The quantitative estimate of drug-likeness (QED) is 0.534. The maximum Gasteiger partial charge on any atom is 0.259 e. The summed E-state index contributed by atoms with van der Waals surface area (Å²) >= 11 is 0. The molecule has 146 valence electrons. The molecule has 1 N–H and O–H groups in total. The Morgan fingerprint density at radius 1 is 1.24 bits per heavy atom. The number of anilines is 1. The van der Waals surface area contributed by atoms with E-state index in [0.29, 0.717) is 34.2 Å². The van der Waals surface area contributed by atoms with Gasteiger partial charge in [0.1, 0.15) is 0 Å². The highest BCUT2D eigenvalue weighted by atomic mass is 16.5. The second-order valence-electron chi connectivity index (χ2n) is 7.55. The molecule has 5 rings (SSSR count). The lowest BCUT2D eigenvalue weighted by molar-refractivity contribution is 0.102. The normalized spacial score (nSPS) is 13.9. The molecule has 3 heterocycles. The topological polar surface area (TPSA) is 107 Å². The molecule has 8 heteroatoms. The van der Waals surface area contributed by atoms with Gasteiger partial charge in [-0.2, -0.15) is 0 Å². The van der Waals surface area contributed by atoms with Crippen LogP contribution in [-0.2, 0) is 0 Å². The van der Waals surface area contributed by atoms with Crippen LogP contribution in [0.15, 0.2) is 45.7 Å². The van der Waals surface area contributed by atoms with E-state index in [1.165, 1.54) is 6.39 Å². The minimum atomic E-state index is -0.230. The van der Waals surface area contributed by atoms with Gasteiger partial charge in [-0.05, 0) is 43.0 Å². The van der Waals surface area contributed by atoms with E-state index in [2.05, 4.69) is 25.7 Å². The molecule has 0 atom stereocenters. The minimum Gasteiger partial charge on any atom is -0.423 e. The first kappa shape index (κ1) is 17.5. The van der Waals surface area contributed by atoms with Gasteiger partial charge in [0.2, 0.25) is 12.3 Å². The Labute approximate surface area is 166 Å². The number of aromatic nitrogens is 4. The van der Waals surface area contributed by atoms with Gasteiger partial charge in [-0.15, -0.1) is 10.2 Å². The fourth-order valence-corrected chi connectivity index (χ4v) is 3.38. The van der Waals surface area contributed by atoms with Crippen LogP contribution in [0.2, 0.25) is 0 Å². The highest BCUT2D eigenvalue weighted by Crippen LogP contribution is 2.41. The SMILES string of the molecule is CC(C)c1noc2nc(C3CC3)cc(C(=O)Nc3cccc(-c4nnco4)c3)c12. The van der Waals surface area contributed by atoms with Gasteiger partial charge in [-0.25, -0.2) is 4.98 Å². The first-order chi connectivity index (χ1) is 14.1. The minimum absolute atomic E-state index is 0.109. The van der Waals surface area contributed by atoms with Gasteiger partial charge in [0.25, 0.3) is 11.6 Å². The van der Waals surface area contributed by atoms with Crippen LogP contribution in [0.1, 0.15) is 60.3 Å². The summed E-state index contributed by atoms with van der Waals surface area (Å²) in [5.74, 6) is 0.660. The number of nitrogens with zero attached hydrogens (tertiary/aromatic N) is 4. The number of fused-ring (bicyclic) bond motifs is 1. The Hall–Kier alpha value is -3.55. The Morgan fingerprint density at radius 2 is 2.10 bits per heavy atom. The van der Waals surface area contributed by atoms with Crippen LogP contribution in [-0.4, -0.2) is 26.2 Å². The molecule has 0 radical (unpaired) electrons. The molecule has 29 heavy (non-hydrogen) atoms. The van der Waals surface area contributed by atoms with Crippen LogP contribution in [0, 0.1) is 0 Å². The van der Waals surface area contributed by atoms with Crippen molar-refractivity contribution in [3.05, 3.63) is 53.7 Å². The largest absolute Gasteiger partial charge is 0.423 e. The average molecular weight is 389 g/mol. The fraction of sp³-hybridized carbons (Fsp3) is 0.286. The Morgan fingerprint density at radius 3 is 2.83 bits per heavy atom. The molecule has 1 fully saturated rings. The van der Waals surface area contributed by atoms with Crippen molar-refractivity contribution in [1.29, 1.82) is 0 Å². The summed E-state index contributed by atoms with van der Waals surface area (Å²) < 4.78 is 10.7. The standard InChI is InChI=1S/C21H19N5O3/c1-11(2)18-17-15(9-16(12-6-7-12)24-21(17)29-26-18)19(27)23-14-5-3-4-13(8-14)20-25-22-10-28-20/h3-5,8-12H,6-7H2,1-2H3,(H,23,27). The van der Waals surface area contributed by atoms with E-state index in [-0.39, 0.29) is 11.8 Å². The third kappa shape index (κ3) is 3.26. The molecule has 1 saturated carbocycles. The van der Waals surface area contributed by atoms with Gasteiger partial charge in [0.05, 0.1) is 16.6 Å². The summed E-state index contributed by atoms with van der Waals surface area (Å²) in [7, 11) is 0. The maximum atomic E-state index is 13.2. The predicted octanol–water partition coefficient (Wildman–Crippen LogP) is 4.53. The summed E-state index contributed by atoms with van der Waals surface area (Å²) in [4.78, 5) is 17.8. The van der Waals surface area contributed by atoms with E-state index >= 15 is 0 Å². The summed E-state index contributed by atoms with van der Waals surface area (Å²) in [6.07, 6.45) is 3.43. The average Bonchev–Trinajstić information content (AvgIpc) is 3.24. The van der Waals surface area contributed by atoms with Gasteiger partial charge in [-0.1, -0.05) is 25.1 Å². The zero-order valence-corrected chi connectivity index (χ0v) is 16.0. The van der Waals surface area contributed by atoms with Crippen LogP contribution in [0.25, 0.3) is 22.6 Å². The molecule has 1 aliphatic rings. The molecule has 0 aliphatic heterocycles. The first-order valence-corrected chi connectivity index (χ1v) is 9.58. The molecular weight excluding hydrogens is 370 g/mol. The molecule has 4 aromatic rings. The molecule has 1 amide bonds. The van der Waals surface area contributed by atoms with E-state index < -0.39 is 0 Å². The molecule has 0 saturated heterocycles. The highest BCUT2D eigenvalue weighted by Gasteiger charge is 2.29. The fourth-order valence-electron chi connectivity index (χ4n) is 3.38. The second-order valence-corrected chi connectivity index (χ2v) is 7.55. The predicted molar refractivity (Wildman–Crippen MR) is 106 cm³/mol. The third-order valence-corrected chi connectivity index (χ3v) is 5.01. The summed E-state index contributed by atoms with van der Waals surface area (Å²) in [5.41, 5.74) is 3.93. The number of carbonyl (C=O) groups excluding carboxylic acids is 1. The molecule has 0 unspecified atom stereocenters. The van der Waals surface area contributed by atoms with E-state index in [9.17, 15) is 4.79 Å². The van der Waals surface area contributed by atoms with Crippen LogP contribution in [0.3, 0.4) is 0 Å². The Balaban J connectivity index is 1.54.